The summed E-state index contributed by atoms with van der Waals surface area (Å²) < 4.78 is 6.05. The van der Waals surface area contributed by atoms with Crippen LogP contribution in [-0.2, 0) is 19.1 Å². The van der Waals surface area contributed by atoms with E-state index in [-0.39, 0.29) is 24.5 Å². The maximum atomic E-state index is 12.3. The molecular weight excluding hydrogens is 384 g/mol. The smallest absolute Gasteiger partial charge is 0.313 e. The Kier molecular flexibility index (Phi) is 7.63. The van der Waals surface area contributed by atoms with Crippen molar-refractivity contribution in [2.24, 2.45) is 11.8 Å². The molecule has 1 aromatic rings. The van der Waals surface area contributed by atoms with Gasteiger partial charge in [0, 0.05) is 24.6 Å². The van der Waals surface area contributed by atoms with Crippen LogP contribution < -0.4 is 10.6 Å². The number of unbranched alkanes of at least 4 members (excludes halogenated alkanes) is 1. The van der Waals surface area contributed by atoms with Gasteiger partial charge < -0.3 is 20.5 Å². The van der Waals surface area contributed by atoms with Crippen LogP contribution in [0.5, 0.6) is 0 Å². The number of carboxylic acids is 1. The van der Waals surface area contributed by atoms with E-state index in [4.69, 9.17) is 9.84 Å². The van der Waals surface area contributed by atoms with Crippen molar-refractivity contribution >= 4 is 23.5 Å². The number of ether oxygens (including phenoxy) is 1. The number of benzene rings is 1. The molecule has 2 bridgehead atoms. The van der Waals surface area contributed by atoms with Crippen LogP contribution in [0.3, 0.4) is 0 Å². The summed E-state index contributed by atoms with van der Waals surface area (Å²) in [5.74, 6) is -1.58. The Morgan fingerprint density at radius 3 is 2.57 bits per heavy atom. The number of carboxylic acid groups (broad SMARTS) is 1. The molecule has 30 heavy (non-hydrogen) atoms. The van der Waals surface area contributed by atoms with E-state index in [1.807, 2.05) is 31.2 Å². The monoisotopic (exact) mass is 414 g/mol. The summed E-state index contributed by atoms with van der Waals surface area (Å²) in [5.41, 5.74) is 1.53. The molecule has 0 aliphatic carbocycles. The van der Waals surface area contributed by atoms with Crippen molar-refractivity contribution in [3.63, 3.8) is 0 Å². The van der Waals surface area contributed by atoms with Gasteiger partial charge >= 0.3 is 17.8 Å². The molecule has 0 aromatic heterocycles. The summed E-state index contributed by atoms with van der Waals surface area (Å²) in [4.78, 5) is 35.1. The van der Waals surface area contributed by atoms with E-state index in [0.717, 1.165) is 31.2 Å². The van der Waals surface area contributed by atoms with Crippen molar-refractivity contribution in [2.75, 3.05) is 11.9 Å². The predicted octanol–water partition coefficient (Wildman–Crippen LogP) is 3.04. The Labute approximate surface area is 176 Å². The fourth-order valence-electron chi connectivity index (χ4n) is 4.41. The van der Waals surface area contributed by atoms with Gasteiger partial charge in [-0.3, -0.25) is 14.4 Å². The molecular formula is C23H30N2O5. The highest BCUT2D eigenvalue weighted by atomic mass is 16.5. The van der Waals surface area contributed by atoms with Crippen LogP contribution >= 0.6 is 0 Å². The van der Waals surface area contributed by atoms with Crippen molar-refractivity contribution in [1.29, 1.82) is 0 Å². The van der Waals surface area contributed by atoms with E-state index in [1.54, 1.807) is 6.07 Å². The number of amides is 2. The first-order valence-corrected chi connectivity index (χ1v) is 10.6. The van der Waals surface area contributed by atoms with Crippen LogP contribution in [0.1, 0.15) is 44.1 Å². The highest BCUT2D eigenvalue weighted by Crippen LogP contribution is 2.44. The molecule has 2 aliphatic heterocycles. The summed E-state index contributed by atoms with van der Waals surface area (Å²) >= 11 is 0. The molecule has 162 valence electrons. The van der Waals surface area contributed by atoms with Gasteiger partial charge in [0.05, 0.1) is 12.2 Å². The zero-order valence-corrected chi connectivity index (χ0v) is 17.3. The second-order valence-electron chi connectivity index (χ2n) is 8.09. The zero-order chi connectivity index (χ0) is 21.5. The van der Waals surface area contributed by atoms with Crippen molar-refractivity contribution in [3.8, 4) is 0 Å². The average molecular weight is 415 g/mol. The lowest BCUT2D eigenvalue weighted by molar-refractivity contribution is -0.137. The molecule has 0 unspecified atom stereocenters. The Morgan fingerprint density at radius 1 is 1.10 bits per heavy atom. The number of rotatable bonds is 9. The summed E-state index contributed by atoms with van der Waals surface area (Å²) in [5, 5.41) is 14.1. The molecule has 3 rings (SSSR count). The number of aliphatic carboxylic acids is 1. The van der Waals surface area contributed by atoms with Gasteiger partial charge in [-0.05, 0) is 56.6 Å². The molecule has 1 aromatic carbocycles. The molecule has 2 saturated heterocycles. The van der Waals surface area contributed by atoms with E-state index in [0.29, 0.717) is 24.6 Å². The third-order valence-corrected chi connectivity index (χ3v) is 6.02. The molecule has 7 nitrogen and oxygen atoms in total. The number of aryl methyl sites for hydroxylation is 1. The van der Waals surface area contributed by atoms with Crippen LogP contribution in [0.25, 0.3) is 0 Å². The van der Waals surface area contributed by atoms with Gasteiger partial charge in [-0.1, -0.05) is 30.4 Å². The number of allylic oxidation sites excluding steroid dienone is 2. The van der Waals surface area contributed by atoms with E-state index in [2.05, 4.69) is 16.7 Å². The highest BCUT2D eigenvalue weighted by Gasteiger charge is 2.48. The summed E-state index contributed by atoms with van der Waals surface area (Å²) in [7, 11) is 0. The first-order chi connectivity index (χ1) is 14.5. The number of carbonyl (C=O) groups excluding carboxylic acids is 2. The van der Waals surface area contributed by atoms with Crippen molar-refractivity contribution in [2.45, 2.75) is 57.7 Å². The first-order valence-electron chi connectivity index (χ1n) is 10.6. The van der Waals surface area contributed by atoms with Crippen LogP contribution in [0.4, 0.5) is 5.69 Å². The minimum atomic E-state index is -0.771. The standard InChI is InChI=1S/C23H30N2O5/c1-15-8-6-7-10-18(15)25-23(29)22(28)24-14-17-16(19-12-13-20(17)30-19)9-4-2-3-5-11-21(26)27/h2,4,6-8,10,16-17,19-20H,3,5,9,11-14H2,1H3,(H,24,28)(H,25,29)(H,26,27)/b4-2-/t16-,17+,19-,20+/m1/s1. The lowest BCUT2D eigenvalue weighted by Crippen LogP contribution is -2.42. The molecule has 4 atom stereocenters. The first kappa shape index (κ1) is 22.0. The van der Waals surface area contributed by atoms with Gasteiger partial charge in [0.1, 0.15) is 0 Å². The number of nitrogens with one attached hydrogen (secondary N) is 2. The van der Waals surface area contributed by atoms with Crippen molar-refractivity contribution in [1.82, 2.24) is 5.32 Å². The summed E-state index contributed by atoms with van der Waals surface area (Å²) in [6.07, 6.45) is 8.85. The molecule has 0 saturated carbocycles. The van der Waals surface area contributed by atoms with E-state index >= 15 is 0 Å². The minimum absolute atomic E-state index is 0.125. The quantitative estimate of drug-likeness (QED) is 0.327. The minimum Gasteiger partial charge on any atom is -0.481 e. The molecule has 0 radical (unpaired) electrons. The molecule has 2 fully saturated rings. The van der Waals surface area contributed by atoms with Crippen LogP contribution in [-0.4, -0.2) is 41.6 Å². The van der Waals surface area contributed by atoms with Gasteiger partial charge in [-0.25, -0.2) is 0 Å². The molecule has 7 heteroatoms. The maximum Gasteiger partial charge on any atom is 0.313 e. The van der Waals surface area contributed by atoms with Crippen molar-refractivity contribution in [3.05, 3.63) is 42.0 Å². The van der Waals surface area contributed by atoms with Gasteiger partial charge in [0.25, 0.3) is 0 Å². The van der Waals surface area contributed by atoms with Crippen LogP contribution in [0.15, 0.2) is 36.4 Å². The lowest BCUT2D eigenvalue weighted by atomic mass is 9.77. The van der Waals surface area contributed by atoms with E-state index < -0.39 is 17.8 Å². The topological polar surface area (TPSA) is 105 Å². The third kappa shape index (κ3) is 5.69. The molecule has 2 aliphatic rings. The second kappa shape index (κ2) is 10.4. The number of fused-ring (bicyclic) bond motifs is 2. The Morgan fingerprint density at radius 2 is 1.83 bits per heavy atom. The second-order valence-corrected chi connectivity index (χ2v) is 8.09. The Hall–Kier alpha value is -2.67. The fraction of sp³-hybridized carbons (Fsp3) is 0.522. The van der Waals surface area contributed by atoms with Gasteiger partial charge in [0.2, 0.25) is 0 Å². The normalized spacial score (nSPS) is 24.8. The number of para-hydroxylation sites is 1. The van der Waals surface area contributed by atoms with Crippen LogP contribution in [0.2, 0.25) is 0 Å². The van der Waals surface area contributed by atoms with Gasteiger partial charge in [0.15, 0.2) is 0 Å². The van der Waals surface area contributed by atoms with Crippen LogP contribution in [0, 0.1) is 18.8 Å². The molecule has 2 amide bonds. The van der Waals surface area contributed by atoms with E-state index in [9.17, 15) is 14.4 Å². The Balaban J connectivity index is 1.47. The van der Waals surface area contributed by atoms with Crippen molar-refractivity contribution < 1.29 is 24.2 Å². The van der Waals surface area contributed by atoms with Gasteiger partial charge in [-0.15, -0.1) is 0 Å². The maximum absolute atomic E-state index is 12.3. The molecule has 0 spiro atoms. The predicted molar refractivity (Wildman–Crippen MR) is 113 cm³/mol. The number of carbonyl (C=O) groups is 3. The highest BCUT2D eigenvalue weighted by molar-refractivity contribution is 6.39. The average Bonchev–Trinajstić information content (AvgIpc) is 3.32. The SMILES string of the molecule is Cc1ccccc1NC(=O)C(=O)NC[C@H]1[C@@H](C/C=C\CCCC(=O)O)[C@H]2CC[C@@H]1O2. The summed E-state index contributed by atoms with van der Waals surface area (Å²) in [6.45, 7) is 2.29. The largest absolute Gasteiger partial charge is 0.481 e. The lowest BCUT2D eigenvalue weighted by Gasteiger charge is -2.27. The number of hydrogen-bond acceptors (Lipinski definition) is 4. The molecule has 2 heterocycles. The zero-order valence-electron chi connectivity index (χ0n) is 17.3. The van der Waals surface area contributed by atoms with Gasteiger partial charge in [-0.2, -0.15) is 0 Å². The Bertz CT molecular complexity index is 807. The fourth-order valence-corrected chi connectivity index (χ4v) is 4.41. The summed E-state index contributed by atoms with van der Waals surface area (Å²) in [6, 6.07) is 7.33. The number of hydrogen-bond donors (Lipinski definition) is 3. The third-order valence-electron chi connectivity index (χ3n) is 6.02. The molecule has 3 N–H and O–H groups in total. The van der Waals surface area contributed by atoms with E-state index in [1.165, 1.54) is 0 Å². The number of anilines is 1.